The largest absolute Gasteiger partial charge is 0.370 e. The second-order valence-electron chi connectivity index (χ2n) is 5.57. The Kier molecular flexibility index (Phi) is 4.65. The molecule has 0 saturated carbocycles. The summed E-state index contributed by atoms with van der Waals surface area (Å²) in [5.74, 6) is 0.299. The van der Waals surface area contributed by atoms with Crippen molar-refractivity contribution < 1.29 is 0 Å². The first-order valence-corrected chi connectivity index (χ1v) is 7.17. The molecule has 0 fully saturated rings. The van der Waals surface area contributed by atoms with Crippen LogP contribution in [0.5, 0.6) is 0 Å². The smallest absolute Gasteiger partial charge is 0.255 e. The fourth-order valence-corrected chi connectivity index (χ4v) is 2.30. The van der Waals surface area contributed by atoms with E-state index in [1.807, 2.05) is 39.0 Å². The topological polar surface area (TPSA) is 72.4 Å². The Bertz CT molecular complexity index is 754. The number of anilines is 1. The number of rotatable bonds is 3. The zero-order chi connectivity index (χ0) is 16.3. The van der Waals surface area contributed by atoms with Crippen molar-refractivity contribution in [2.75, 3.05) is 5.32 Å². The summed E-state index contributed by atoms with van der Waals surface area (Å²) in [6, 6.07) is 9.79. The van der Waals surface area contributed by atoms with Crippen molar-refractivity contribution in [2.24, 2.45) is 17.8 Å². The van der Waals surface area contributed by atoms with E-state index in [-0.39, 0.29) is 12.1 Å². The van der Waals surface area contributed by atoms with E-state index in [9.17, 15) is 4.79 Å². The van der Waals surface area contributed by atoms with Gasteiger partial charge < -0.3 is 15.6 Å². The highest BCUT2D eigenvalue weighted by molar-refractivity contribution is 5.92. The molecule has 1 aromatic heterocycles. The van der Waals surface area contributed by atoms with E-state index in [1.54, 1.807) is 17.7 Å². The molecular formula is C17H22N4O. The molecule has 1 aromatic carbocycles. The first-order valence-electron chi connectivity index (χ1n) is 7.17. The maximum absolute atomic E-state index is 12.1. The lowest BCUT2D eigenvalue weighted by molar-refractivity contribution is 0.795. The Hall–Kier alpha value is -2.56. The Labute approximate surface area is 130 Å². The number of hydrogen-bond donors (Lipinski definition) is 2. The molecule has 5 heteroatoms. The van der Waals surface area contributed by atoms with Gasteiger partial charge in [-0.15, -0.1) is 0 Å². The van der Waals surface area contributed by atoms with E-state index < -0.39 is 0 Å². The summed E-state index contributed by atoms with van der Waals surface area (Å²) in [5.41, 5.74) is 10.6. The van der Waals surface area contributed by atoms with Gasteiger partial charge in [-0.1, -0.05) is 6.07 Å². The number of pyridine rings is 1. The summed E-state index contributed by atoms with van der Waals surface area (Å²) in [4.78, 5) is 16.3. The third-order valence-corrected chi connectivity index (χ3v) is 3.55. The molecule has 0 aliphatic carbocycles. The third kappa shape index (κ3) is 3.75. The lowest BCUT2D eigenvalue weighted by atomic mass is 10.1. The summed E-state index contributed by atoms with van der Waals surface area (Å²) in [6.07, 6.45) is 0. The molecule has 2 rings (SSSR count). The zero-order valence-corrected chi connectivity index (χ0v) is 13.5. The molecule has 0 saturated heterocycles. The first-order chi connectivity index (χ1) is 10.4. The Morgan fingerprint density at radius 1 is 1.18 bits per heavy atom. The normalized spacial score (nSPS) is 11.5. The van der Waals surface area contributed by atoms with Gasteiger partial charge in [0.2, 0.25) is 0 Å². The fourth-order valence-electron chi connectivity index (χ4n) is 2.30. The second kappa shape index (κ2) is 6.47. The van der Waals surface area contributed by atoms with Gasteiger partial charge in [0, 0.05) is 24.0 Å². The van der Waals surface area contributed by atoms with Crippen LogP contribution in [0.3, 0.4) is 0 Å². The maximum Gasteiger partial charge on any atom is 0.255 e. The molecular weight excluding hydrogens is 276 g/mol. The van der Waals surface area contributed by atoms with Crippen molar-refractivity contribution in [3.05, 3.63) is 63.1 Å². The quantitative estimate of drug-likeness (QED) is 0.674. The van der Waals surface area contributed by atoms with Crippen molar-refractivity contribution in [2.45, 2.75) is 27.3 Å². The molecule has 0 aliphatic heterocycles. The van der Waals surface area contributed by atoms with Gasteiger partial charge in [-0.2, -0.15) is 0 Å². The van der Waals surface area contributed by atoms with Gasteiger partial charge >= 0.3 is 0 Å². The Balaban J connectivity index is 2.13. The number of aromatic nitrogens is 1. The van der Waals surface area contributed by atoms with Gasteiger partial charge in [-0.05, 0) is 56.2 Å². The monoisotopic (exact) mass is 298 g/mol. The SMILES string of the molecule is Cc1cc(C)cc(NC(N)=NCc2ccc(C)n(C)c2=O)c1. The van der Waals surface area contributed by atoms with E-state index in [0.29, 0.717) is 11.5 Å². The fraction of sp³-hybridized carbons (Fsp3) is 0.294. The third-order valence-electron chi connectivity index (χ3n) is 3.55. The van der Waals surface area contributed by atoms with Crippen LogP contribution in [0.25, 0.3) is 0 Å². The average Bonchev–Trinajstić information content (AvgIpc) is 2.43. The van der Waals surface area contributed by atoms with Gasteiger partial charge in [0.05, 0.1) is 6.54 Å². The number of benzene rings is 1. The van der Waals surface area contributed by atoms with Crippen LogP contribution >= 0.6 is 0 Å². The van der Waals surface area contributed by atoms with E-state index in [1.165, 1.54) is 0 Å². The second-order valence-corrected chi connectivity index (χ2v) is 5.57. The number of nitrogens with two attached hydrogens (primary N) is 1. The van der Waals surface area contributed by atoms with E-state index in [2.05, 4.69) is 16.4 Å². The molecule has 0 atom stereocenters. The van der Waals surface area contributed by atoms with Crippen LogP contribution in [0.4, 0.5) is 5.69 Å². The van der Waals surface area contributed by atoms with Gasteiger partial charge in [0.1, 0.15) is 0 Å². The van der Waals surface area contributed by atoms with Crippen LogP contribution in [0.2, 0.25) is 0 Å². The lowest BCUT2D eigenvalue weighted by Gasteiger charge is -2.08. The molecule has 0 radical (unpaired) electrons. The summed E-state index contributed by atoms with van der Waals surface area (Å²) in [5, 5.41) is 3.06. The molecule has 0 spiro atoms. The molecule has 116 valence electrons. The van der Waals surface area contributed by atoms with Crippen molar-refractivity contribution in [1.82, 2.24) is 4.57 Å². The minimum absolute atomic E-state index is 0.0389. The highest BCUT2D eigenvalue weighted by atomic mass is 16.1. The summed E-state index contributed by atoms with van der Waals surface area (Å²) >= 11 is 0. The summed E-state index contributed by atoms with van der Waals surface area (Å²) in [7, 11) is 1.75. The predicted octanol–water partition coefficient (Wildman–Crippen LogP) is 2.24. The lowest BCUT2D eigenvalue weighted by Crippen LogP contribution is -2.25. The van der Waals surface area contributed by atoms with Crippen LogP contribution in [0, 0.1) is 20.8 Å². The standard InChI is InChI=1S/C17H22N4O/c1-11-7-12(2)9-15(8-11)20-17(18)19-10-14-6-5-13(3)21(4)16(14)22/h5-9H,10H2,1-4H3,(H3,18,19,20). The molecule has 3 N–H and O–H groups in total. The van der Waals surface area contributed by atoms with E-state index >= 15 is 0 Å². The van der Waals surface area contributed by atoms with Crippen molar-refractivity contribution in [3.63, 3.8) is 0 Å². The minimum Gasteiger partial charge on any atom is -0.370 e. The van der Waals surface area contributed by atoms with Crippen LogP contribution in [-0.4, -0.2) is 10.5 Å². The highest BCUT2D eigenvalue weighted by Crippen LogP contribution is 2.13. The van der Waals surface area contributed by atoms with Crippen molar-refractivity contribution >= 4 is 11.6 Å². The van der Waals surface area contributed by atoms with Crippen LogP contribution in [0.15, 0.2) is 40.1 Å². The van der Waals surface area contributed by atoms with Gasteiger partial charge in [0.15, 0.2) is 5.96 Å². The molecule has 22 heavy (non-hydrogen) atoms. The van der Waals surface area contributed by atoms with Crippen molar-refractivity contribution in [1.29, 1.82) is 0 Å². The molecule has 0 unspecified atom stereocenters. The molecule has 2 aromatic rings. The van der Waals surface area contributed by atoms with E-state index in [4.69, 9.17) is 5.73 Å². The molecule has 1 heterocycles. The summed E-state index contributed by atoms with van der Waals surface area (Å²) in [6.45, 7) is 6.21. The number of hydrogen-bond acceptors (Lipinski definition) is 2. The Morgan fingerprint density at radius 2 is 1.82 bits per heavy atom. The van der Waals surface area contributed by atoms with Crippen LogP contribution in [-0.2, 0) is 13.6 Å². The van der Waals surface area contributed by atoms with Gasteiger partial charge in [-0.3, -0.25) is 4.79 Å². The van der Waals surface area contributed by atoms with Gasteiger partial charge in [0.25, 0.3) is 5.56 Å². The number of guanidine groups is 1. The first kappa shape index (κ1) is 15.8. The van der Waals surface area contributed by atoms with E-state index in [0.717, 1.165) is 22.5 Å². The Morgan fingerprint density at radius 3 is 2.45 bits per heavy atom. The van der Waals surface area contributed by atoms with Crippen LogP contribution < -0.4 is 16.6 Å². The maximum atomic E-state index is 12.1. The molecule has 0 aliphatic rings. The predicted molar refractivity (Wildman–Crippen MR) is 91.3 cm³/mol. The summed E-state index contributed by atoms with van der Waals surface area (Å²) < 4.78 is 1.61. The molecule has 0 amide bonds. The number of aryl methyl sites for hydroxylation is 3. The molecule has 5 nitrogen and oxygen atoms in total. The zero-order valence-electron chi connectivity index (χ0n) is 13.5. The molecule has 0 bridgehead atoms. The number of nitrogens with one attached hydrogen (secondary N) is 1. The van der Waals surface area contributed by atoms with Crippen molar-refractivity contribution in [3.8, 4) is 0 Å². The average molecular weight is 298 g/mol. The number of aliphatic imine (C=N–C) groups is 1. The minimum atomic E-state index is -0.0389. The highest BCUT2D eigenvalue weighted by Gasteiger charge is 2.03. The van der Waals surface area contributed by atoms with Crippen LogP contribution in [0.1, 0.15) is 22.4 Å². The number of nitrogens with zero attached hydrogens (tertiary/aromatic N) is 2. The van der Waals surface area contributed by atoms with Gasteiger partial charge in [-0.25, -0.2) is 4.99 Å².